The molecule has 2 aromatic rings. The Morgan fingerprint density at radius 1 is 1.17 bits per heavy atom. The van der Waals surface area contributed by atoms with Gasteiger partial charge in [0.2, 0.25) is 5.95 Å². The van der Waals surface area contributed by atoms with E-state index in [0.29, 0.717) is 12.0 Å². The van der Waals surface area contributed by atoms with Crippen LogP contribution in [0.25, 0.3) is 5.69 Å². The highest BCUT2D eigenvalue weighted by molar-refractivity contribution is 5.38. The number of nitrogens with zero attached hydrogens (tertiary/aromatic N) is 5. The number of hydrogen-bond donors (Lipinski definition) is 1. The van der Waals surface area contributed by atoms with E-state index >= 15 is 0 Å². The van der Waals surface area contributed by atoms with Gasteiger partial charge in [0.05, 0.1) is 5.69 Å². The lowest BCUT2D eigenvalue weighted by Crippen LogP contribution is -2.43. The summed E-state index contributed by atoms with van der Waals surface area (Å²) in [7, 11) is 0. The average molecular weight is 314 g/mol. The molecule has 1 N–H and O–H groups in total. The van der Waals surface area contributed by atoms with Crippen LogP contribution in [0, 0.1) is 11.8 Å². The quantitative estimate of drug-likeness (QED) is 0.918. The van der Waals surface area contributed by atoms with Crippen molar-refractivity contribution in [3.05, 3.63) is 30.3 Å². The topological polar surface area (TPSA) is 58.9 Å². The first-order chi connectivity index (χ1) is 11.1. The molecule has 3 unspecified atom stereocenters. The van der Waals surface area contributed by atoms with Crippen LogP contribution in [-0.2, 0) is 0 Å². The smallest absolute Gasteiger partial charge is 0.248 e. The van der Waals surface area contributed by atoms with Gasteiger partial charge in [-0.25, -0.2) is 0 Å². The molecule has 0 spiro atoms. The fourth-order valence-electron chi connectivity index (χ4n) is 3.61. The van der Waals surface area contributed by atoms with Gasteiger partial charge in [-0.3, -0.25) is 0 Å². The van der Waals surface area contributed by atoms with Crippen molar-refractivity contribution in [2.24, 2.45) is 11.8 Å². The molecule has 23 heavy (non-hydrogen) atoms. The summed E-state index contributed by atoms with van der Waals surface area (Å²) in [4.78, 5) is 2.55. The fourth-order valence-corrected chi connectivity index (χ4v) is 3.61. The highest BCUT2D eigenvalue weighted by Gasteiger charge is 2.23. The van der Waals surface area contributed by atoms with E-state index in [0.717, 1.165) is 24.1 Å². The summed E-state index contributed by atoms with van der Waals surface area (Å²) in [5, 5.41) is 15.5. The van der Waals surface area contributed by atoms with Crippen LogP contribution in [0.5, 0.6) is 0 Å². The summed E-state index contributed by atoms with van der Waals surface area (Å²) in [6, 6.07) is 10.3. The van der Waals surface area contributed by atoms with E-state index in [1.807, 2.05) is 30.3 Å². The molecule has 0 saturated carbocycles. The number of tetrazole rings is 1. The van der Waals surface area contributed by atoms with E-state index in [2.05, 4.69) is 46.5 Å². The third-order valence-corrected chi connectivity index (χ3v) is 4.32. The molecule has 1 aliphatic rings. The Labute approximate surface area is 137 Å². The molecule has 6 nitrogen and oxygen atoms in total. The number of para-hydroxylation sites is 1. The Kier molecular flexibility index (Phi) is 4.91. The minimum Gasteiger partial charge on any atom is -0.349 e. The molecule has 0 amide bonds. The van der Waals surface area contributed by atoms with E-state index in [-0.39, 0.29) is 0 Å². The number of benzene rings is 1. The standard InChI is InChI=1S/C17H26N6/c1-13-9-14(2)11-22(10-13)12-15(3)18-17-19-20-21-23(17)16-7-5-4-6-8-16/h4-8,13-15H,9-12H2,1-3H3,(H,18,19,21). The van der Waals surface area contributed by atoms with E-state index in [4.69, 9.17) is 0 Å². The van der Waals surface area contributed by atoms with E-state index < -0.39 is 0 Å². The predicted octanol–water partition coefficient (Wildman–Crippen LogP) is 2.44. The van der Waals surface area contributed by atoms with Crippen molar-refractivity contribution in [1.29, 1.82) is 0 Å². The molecule has 0 bridgehead atoms. The monoisotopic (exact) mass is 314 g/mol. The second kappa shape index (κ2) is 7.08. The second-order valence-corrected chi connectivity index (χ2v) is 6.96. The fraction of sp³-hybridized carbons (Fsp3) is 0.588. The largest absolute Gasteiger partial charge is 0.349 e. The van der Waals surface area contributed by atoms with Crippen molar-refractivity contribution < 1.29 is 0 Å². The lowest BCUT2D eigenvalue weighted by Gasteiger charge is -2.36. The van der Waals surface area contributed by atoms with Gasteiger partial charge < -0.3 is 10.2 Å². The lowest BCUT2D eigenvalue weighted by atomic mass is 9.92. The van der Waals surface area contributed by atoms with Crippen LogP contribution in [0.15, 0.2) is 30.3 Å². The molecule has 124 valence electrons. The molecule has 3 atom stereocenters. The number of rotatable bonds is 5. The van der Waals surface area contributed by atoms with Crippen LogP contribution in [0.3, 0.4) is 0 Å². The maximum atomic E-state index is 4.13. The molecule has 2 heterocycles. The van der Waals surface area contributed by atoms with Gasteiger partial charge in [0.25, 0.3) is 0 Å². The first kappa shape index (κ1) is 15.9. The number of piperidine rings is 1. The van der Waals surface area contributed by atoms with Crippen molar-refractivity contribution in [2.45, 2.75) is 33.2 Å². The molecule has 0 aliphatic carbocycles. The second-order valence-electron chi connectivity index (χ2n) is 6.96. The number of nitrogens with one attached hydrogen (secondary N) is 1. The van der Waals surface area contributed by atoms with E-state index in [1.54, 1.807) is 4.68 Å². The van der Waals surface area contributed by atoms with Gasteiger partial charge >= 0.3 is 0 Å². The van der Waals surface area contributed by atoms with Gasteiger partial charge in [-0.1, -0.05) is 37.1 Å². The molecule has 1 saturated heterocycles. The van der Waals surface area contributed by atoms with Crippen molar-refractivity contribution in [3.63, 3.8) is 0 Å². The molecule has 1 aliphatic heterocycles. The van der Waals surface area contributed by atoms with Gasteiger partial charge in [-0.05, 0) is 47.7 Å². The Morgan fingerprint density at radius 3 is 2.57 bits per heavy atom. The summed E-state index contributed by atoms with van der Waals surface area (Å²) in [6.45, 7) is 10.2. The predicted molar refractivity (Wildman–Crippen MR) is 91.6 cm³/mol. The SMILES string of the molecule is CC1CC(C)CN(CC(C)Nc2nnnn2-c2ccccc2)C1. The van der Waals surface area contributed by atoms with Gasteiger partial charge in [0, 0.05) is 25.7 Å². The zero-order valence-electron chi connectivity index (χ0n) is 14.2. The van der Waals surface area contributed by atoms with Gasteiger partial charge in [0.15, 0.2) is 0 Å². The molecule has 1 aromatic carbocycles. The normalized spacial score (nSPS) is 23.6. The maximum Gasteiger partial charge on any atom is 0.248 e. The Balaban J connectivity index is 1.63. The third kappa shape index (κ3) is 4.07. The third-order valence-electron chi connectivity index (χ3n) is 4.32. The first-order valence-electron chi connectivity index (χ1n) is 8.44. The minimum absolute atomic E-state index is 0.293. The van der Waals surface area contributed by atoms with Crippen molar-refractivity contribution in [1.82, 2.24) is 25.1 Å². The van der Waals surface area contributed by atoms with Crippen LogP contribution < -0.4 is 5.32 Å². The van der Waals surface area contributed by atoms with Crippen molar-refractivity contribution in [3.8, 4) is 5.69 Å². The van der Waals surface area contributed by atoms with Gasteiger partial charge in [-0.15, -0.1) is 0 Å². The summed E-state index contributed by atoms with van der Waals surface area (Å²) < 4.78 is 1.75. The average Bonchev–Trinajstić information content (AvgIpc) is 2.95. The van der Waals surface area contributed by atoms with E-state index in [1.165, 1.54) is 19.5 Å². The summed E-state index contributed by atoms with van der Waals surface area (Å²) >= 11 is 0. The van der Waals surface area contributed by atoms with Crippen molar-refractivity contribution in [2.75, 3.05) is 25.0 Å². The van der Waals surface area contributed by atoms with Gasteiger partial charge in [0.1, 0.15) is 0 Å². The van der Waals surface area contributed by atoms with Crippen LogP contribution in [0.2, 0.25) is 0 Å². The Bertz CT molecular complexity index is 601. The molecule has 3 rings (SSSR count). The van der Waals surface area contributed by atoms with Crippen LogP contribution in [0.1, 0.15) is 27.2 Å². The molecule has 0 radical (unpaired) electrons. The first-order valence-corrected chi connectivity index (χ1v) is 8.44. The number of anilines is 1. The van der Waals surface area contributed by atoms with Crippen molar-refractivity contribution >= 4 is 5.95 Å². The zero-order valence-corrected chi connectivity index (χ0v) is 14.2. The Hall–Kier alpha value is -1.95. The minimum atomic E-state index is 0.293. The number of hydrogen-bond acceptors (Lipinski definition) is 5. The molecule has 1 aromatic heterocycles. The highest BCUT2D eigenvalue weighted by atomic mass is 15.6. The summed E-state index contributed by atoms with van der Waals surface area (Å²) in [5.74, 6) is 2.25. The van der Waals surface area contributed by atoms with Crippen LogP contribution in [0.4, 0.5) is 5.95 Å². The highest BCUT2D eigenvalue weighted by Crippen LogP contribution is 2.21. The maximum absolute atomic E-state index is 4.13. The number of aromatic nitrogens is 4. The van der Waals surface area contributed by atoms with Gasteiger partial charge in [-0.2, -0.15) is 4.68 Å². The summed E-state index contributed by atoms with van der Waals surface area (Å²) in [6.07, 6.45) is 1.34. The molecule has 6 heteroatoms. The molecule has 1 fully saturated rings. The molecular formula is C17H26N6. The van der Waals surface area contributed by atoms with Crippen LogP contribution >= 0.6 is 0 Å². The summed E-state index contributed by atoms with van der Waals surface area (Å²) in [5.41, 5.74) is 0.965. The van der Waals surface area contributed by atoms with E-state index in [9.17, 15) is 0 Å². The molecular weight excluding hydrogens is 288 g/mol. The lowest BCUT2D eigenvalue weighted by molar-refractivity contribution is 0.138. The van der Waals surface area contributed by atoms with Crippen LogP contribution in [-0.4, -0.2) is 50.8 Å². The number of likely N-dealkylation sites (tertiary alicyclic amines) is 1. The zero-order chi connectivity index (χ0) is 16.2. The Morgan fingerprint density at radius 2 is 1.87 bits per heavy atom.